The lowest BCUT2D eigenvalue weighted by molar-refractivity contribution is -0.125. The van der Waals surface area contributed by atoms with Gasteiger partial charge >= 0.3 is 0 Å². The van der Waals surface area contributed by atoms with Crippen LogP contribution in [0.5, 0.6) is 0 Å². The highest BCUT2D eigenvalue weighted by Crippen LogP contribution is 2.38. The van der Waals surface area contributed by atoms with Crippen molar-refractivity contribution in [2.24, 2.45) is 0 Å². The molecule has 0 bridgehead atoms. The number of carbonyl (C=O) groups excluding carboxylic acids is 2. The summed E-state index contributed by atoms with van der Waals surface area (Å²) >= 11 is 1.79. The van der Waals surface area contributed by atoms with Crippen LogP contribution in [-0.4, -0.2) is 30.2 Å². The Morgan fingerprint density at radius 1 is 1.08 bits per heavy atom. The van der Waals surface area contributed by atoms with Gasteiger partial charge in [0.15, 0.2) is 0 Å². The molecule has 136 valence electrons. The van der Waals surface area contributed by atoms with E-state index in [9.17, 15) is 9.59 Å². The molecule has 2 amide bonds. The second-order valence-electron chi connectivity index (χ2n) is 6.49. The standard InChI is InChI=1S/C21H24N2O2S/c1-16-15-23(18-9-5-6-10-19(18)26-16)21(25)12-11-20(24)22-14-13-17-7-3-2-4-8-17/h2-10,16H,11-15H2,1H3,(H,22,24). The third-order valence-corrected chi connectivity index (χ3v) is 5.52. The molecule has 0 spiro atoms. The minimum absolute atomic E-state index is 0.0165. The minimum atomic E-state index is -0.0676. The highest BCUT2D eigenvalue weighted by Gasteiger charge is 2.26. The average molecular weight is 369 g/mol. The number of para-hydroxylation sites is 1. The molecule has 0 aromatic heterocycles. The Balaban J connectivity index is 1.47. The van der Waals surface area contributed by atoms with Gasteiger partial charge in [-0.15, -0.1) is 11.8 Å². The van der Waals surface area contributed by atoms with Crippen molar-refractivity contribution >= 4 is 29.3 Å². The van der Waals surface area contributed by atoms with Gasteiger partial charge in [0.2, 0.25) is 11.8 Å². The van der Waals surface area contributed by atoms with E-state index in [1.54, 1.807) is 11.8 Å². The van der Waals surface area contributed by atoms with Crippen molar-refractivity contribution in [3.63, 3.8) is 0 Å². The van der Waals surface area contributed by atoms with Crippen molar-refractivity contribution in [3.05, 3.63) is 60.2 Å². The summed E-state index contributed by atoms with van der Waals surface area (Å²) in [6, 6.07) is 18.0. The number of carbonyl (C=O) groups is 2. The number of anilines is 1. The molecular weight excluding hydrogens is 344 g/mol. The first-order chi connectivity index (χ1) is 12.6. The van der Waals surface area contributed by atoms with Crippen molar-refractivity contribution in [1.29, 1.82) is 0 Å². The molecule has 1 aliphatic rings. The number of fused-ring (bicyclic) bond motifs is 1. The maximum Gasteiger partial charge on any atom is 0.227 e. The zero-order valence-electron chi connectivity index (χ0n) is 15.0. The molecule has 3 rings (SSSR count). The maximum atomic E-state index is 12.6. The average Bonchev–Trinajstić information content (AvgIpc) is 2.66. The van der Waals surface area contributed by atoms with Crippen LogP contribution >= 0.6 is 11.8 Å². The smallest absolute Gasteiger partial charge is 0.227 e. The van der Waals surface area contributed by atoms with E-state index in [0.717, 1.165) is 17.0 Å². The number of benzene rings is 2. The van der Waals surface area contributed by atoms with Crippen molar-refractivity contribution < 1.29 is 9.59 Å². The topological polar surface area (TPSA) is 49.4 Å². The summed E-state index contributed by atoms with van der Waals surface area (Å²) in [5.74, 6) is -0.0511. The third kappa shape index (κ3) is 4.88. The summed E-state index contributed by atoms with van der Waals surface area (Å²) in [6.45, 7) is 3.41. The molecule has 4 nitrogen and oxygen atoms in total. The molecule has 2 aromatic carbocycles. The van der Waals surface area contributed by atoms with Crippen LogP contribution in [0.25, 0.3) is 0 Å². The van der Waals surface area contributed by atoms with Gasteiger partial charge in [-0.05, 0) is 24.1 Å². The lowest BCUT2D eigenvalue weighted by Crippen LogP contribution is -2.39. The van der Waals surface area contributed by atoms with Crippen molar-refractivity contribution in [2.45, 2.75) is 36.3 Å². The Morgan fingerprint density at radius 3 is 2.62 bits per heavy atom. The fourth-order valence-corrected chi connectivity index (χ4v) is 4.17. The quantitative estimate of drug-likeness (QED) is 0.847. The van der Waals surface area contributed by atoms with Crippen LogP contribution in [0.2, 0.25) is 0 Å². The third-order valence-electron chi connectivity index (χ3n) is 4.37. The summed E-state index contributed by atoms with van der Waals surface area (Å²) in [7, 11) is 0. The van der Waals surface area contributed by atoms with Gasteiger partial charge in [0, 0.05) is 36.1 Å². The first-order valence-electron chi connectivity index (χ1n) is 9.00. The lowest BCUT2D eigenvalue weighted by atomic mass is 10.1. The van der Waals surface area contributed by atoms with E-state index in [2.05, 4.69) is 12.2 Å². The van der Waals surface area contributed by atoms with Crippen LogP contribution in [0.1, 0.15) is 25.3 Å². The number of rotatable bonds is 6. The normalized spacial score (nSPS) is 16.0. The van der Waals surface area contributed by atoms with E-state index in [0.29, 0.717) is 18.3 Å². The number of thioether (sulfide) groups is 1. The first kappa shape index (κ1) is 18.5. The summed E-state index contributed by atoms with van der Waals surface area (Å²) in [5.41, 5.74) is 2.16. The van der Waals surface area contributed by atoms with Crippen LogP contribution in [0.3, 0.4) is 0 Å². The molecule has 0 aliphatic carbocycles. The predicted molar refractivity (Wildman–Crippen MR) is 107 cm³/mol. The Hall–Kier alpha value is -2.27. The van der Waals surface area contributed by atoms with Gasteiger partial charge in [-0.1, -0.05) is 49.4 Å². The van der Waals surface area contributed by atoms with Gasteiger partial charge in [0.1, 0.15) is 0 Å². The molecule has 0 saturated carbocycles. The van der Waals surface area contributed by atoms with E-state index in [4.69, 9.17) is 0 Å². The molecule has 1 N–H and O–H groups in total. The second kappa shape index (κ2) is 8.90. The van der Waals surface area contributed by atoms with Crippen molar-refractivity contribution in [3.8, 4) is 0 Å². The molecule has 26 heavy (non-hydrogen) atoms. The highest BCUT2D eigenvalue weighted by molar-refractivity contribution is 8.00. The molecule has 2 aromatic rings. The van der Waals surface area contributed by atoms with E-state index in [1.807, 2.05) is 59.5 Å². The predicted octanol–water partition coefficient (Wildman–Crippen LogP) is 3.65. The van der Waals surface area contributed by atoms with Crippen molar-refractivity contribution in [1.82, 2.24) is 5.32 Å². The summed E-state index contributed by atoms with van der Waals surface area (Å²) in [6.07, 6.45) is 1.27. The van der Waals surface area contributed by atoms with Crippen LogP contribution in [0.15, 0.2) is 59.5 Å². The van der Waals surface area contributed by atoms with Gasteiger partial charge in [0.05, 0.1) is 5.69 Å². The van der Waals surface area contributed by atoms with Crippen LogP contribution in [0, 0.1) is 0 Å². The van der Waals surface area contributed by atoms with Gasteiger partial charge in [0.25, 0.3) is 0 Å². The molecule has 5 heteroatoms. The fraction of sp³-hybridized carbons (Fsp3) is 0.333. The molecule has 1 atom stereocenters. The van der Waals surface area contributed by atoms with E-state index in [-0.39, 0.29) is 24.7 Å². The summed E-state index contributed by atoms with van der Waals surface area (Å²) in [5, 5.41) is 3.26. The number of hydrogen-bond acceptors (Lipinski definition) is 3. The SMILES string of the molecule is CC1CN(C(=O)CCC(=O)NCCc2ccccc2)c2ccccc2S1. The van der Waals surface area contributed by atoms with Crippen LogP contribution in [-0.2, 0) is 16.0 Å². The number of nitrogens with one attached hydrogen (secondary N) is 1. The van der Waals surface area contributed by atoms with E-state index in [1.165, 1.54) is 5.56 Å². The van der Waals surface area contributed by atoms with E-state index >= 15 is 0 Å². The number of hydrogen-bond donors (Lipinski definition) is 1. The molecular formula is C21H24N2O2S. The summed E-state index contributed by atoms with van der Waals surface area (Å²) < 4.78 is 0. The molecule has 0 saturated heterocycles. The fourth-order valence-electron chi connectivity index (χ4n) is 3.06. The molecule has 1 heterocycles. The number of nitrogens with zero attached hydrogens (tertiary/aromatic N) is 1. The zero-order chi connectivity index (χ0) is 18.4. The monoisotopic (exact) mass is 368 g/mol. The Kier molecular flexibility index (Phi) is 6.34. The highest BCUT2D eigenvalue weighted by atomic mass is 32.2. The lowest BCUT2D eigenvalue weighted by Gasteiger charge is -2.32. The Labute approximate surface area is 159 Å². The first-order valence-corrected chi connectivity index (χ1v) is 9.88. The van der Waals surface area contributed by atoms with E-state index < -0.39 is 0 Å². The molecule has 1 aliphatic heterocycles. The molecule has 0 radical (unpaired) electrons. The Morgan fingerprint density at radius 2 is 1.81 bits per heavy atom. The van der Waals surface area contributed by atoms with Crippen molar-refractivity contribution in [2.75, 3.05) is 18.0 Å². The van der Waals surface area contributed by atoms with Gasteiger partial charge in [-0.2, -0.15) is 0 Å². The molecule has 0 fully saturated rings. The largest absolute Gasteiger partial charge is 0.356 e. The van der Waals surface area contributed by atoms with Gasteiger partial charge in [-0.25, -0.2) is 0 Å². The maximum absolute atomic E-state index is 12.6. The van der Waals surface area contributed by atoms with Gasteiger partial charge in [-0.3, -0.25) is 9.59 Å². The van der Waals surface area contributed by atoms with Crippen LogP contribution < -0.4 is 10.2 Å². The van der Waals surface area contributed by atoms with Crippen LogP contribution in [0.4, 0.5) is 5.69 Å². The van der Waals surface area contributed by atoms with Gasteiger partial charge < -0.3 is 10.2 Å². The molecule has 1 unspecified atom stereocenters. The zero-order valence-corrected chi connectivity index (χ0v) is 15.8. The minimum Gasteiger partial charge on any atom is -0.356 e. The summed E-state index contributed by atoms with van der Waals surface area (Å²) in [4.78, 5) is 27.6. The number of amides is 2. The second-order valence-corrected chi connectivity index (χ2v) is 7.97. The Bertz CT molecular complexity index is 764.